The van der Waals surface area contributed by atoms with E-state index >= 15 is 0 Å². The molecule has 0 radical (unpaired) electrons. The molecule has 7 heteroatoms. The highest BCUT2D eigenvalue weighted by atomic mass is 32.1. The van der Waals surface area contributed by atoms with Crippen LogP contribution in [-0.4, -0.2) is 39.3 Å². The molecule has 19 heavy (non-hydrogen) atoms. The Labute approximate surface area is 116 Å². The summed E-state index contributed by atoms with van der Waals surface area (Å²) in [5, 5.41) is 5.32. The Morgan fingerprint density at radius 3 is 3.00 bits per heavy atom. The SMILES string of the molecule is COCc1nsc(N2CC(Cn3cc(C)cn3)C2)n1. The number of methoxy groups -OCH3 is 1. The van der Waals surface area contributed by atoms with Crippen molar-refractivity contribution in [2.45, 2.75) is 20.1 Å². The van der Waals surface area contributed by atoms with Crippen LogP contribution in [0.5, 0.6) is 0 Å². The molecule has 1 aliphatic heterocycles. The van der Waals surface area contributed by atoms with Gasteiger partial charge in [0.25, 0.3) is 0 Å². The molecule has 0 N–H and O–H groups in total. The van der Waals surface area contributed by atoms with E-state index in [1.54, 1.807) is 7.11 Å². The minimum absolute atomic E-state index is 0.486. The third-order valence-electron chi connectivity index (χ3n) is 3.17. The van der Waals surface area contributed by atoms with E-state index in [0.29, 0.717) is 12.5 Å². The smallest absolute Gasteiger partial charge is 0.205 e. The van der Waals surface area contributed by atoms with Crippen LogP contribution in [0.25, 0.3) is 0 Å². The van der Waals surface area contributed by atoms with Crippen molar-refractivity contribution in [3.8, 4) is 0 Å². The van der Waals surface area contributed by atoms with E-state index in [1.807, 2.05) is 10.9 Å². The summed E-state index contributed by atoms with van der Waals surface area (Å²) in [4.78, 5) is 6.72. The number of aryl methyl sites for hydroxylation is 1. The monoisotopic (exact) mass is 279 g/mol. The Bertz CT molecular complexity index is 546. The molecule has 0 saturated carbocycles. The lowest BCUT2D eigenvalue weighted by Gasteiger charge is -2.38. The molecular formula is C12H17N5OS. The van der Waals surface area contributed by atoms with Gasteiger partial charge in [-0.1, -0.05) is 0 Å². The molecule has 2 aromatic heterocycles. The average molecular weight is 279 g/mol. The molecule has 2 aromatic rings. The maximum Gasteiger partial charge on any atom is 0.205 e. The van der Waals surface area contributed by atoms with Crippen LogP contribution in [-0.2, 0) is 17.9 Å². The van der Waals surface area contributed by atoms with Crippen LogP contribution in [0.3, 0.4) is 0 Å². The molecular weight excluding hydrogens is 262 g/mol. The fourth-order valence-electron chi connectivity index (χ4n) is 2.23. The highest BCUT2D eigenvalue weighted by molar-refractivity contribution is 7.09. The second-order valence-electron chi connectivity index (χ2n) is 4.94. The molecule has 102 valence electrons. The van der Waals surface area contributed by atoms with Gasteiger partial charge in [-0.25, -0.2) is 4.98 Å². The summed E-state index contributed by atoms with van der Waals surface area (Å²) in [5.74, 6) is 1.42. The first kappa shape index (κ1) is 12.6. The third kappa shape index (κ3) is 2.76. The van der Waals surface area contributed by atoms with Gasteiger partial charge in [-0.15, -0.1) is 0 Å². The van der Waals surface area contributed by atoms with Crippen LogP contribution in [0.4, 0.5) is 5.13 Å². The summed E-state index contributed by atoms with van der Waals surface area (Å²) in [6, 6.07) is 0. The predicted octanol–water partition coefficient (Wildman–Crippen LogP) is 1.33. The molecule has 1 aliphatic rings. The quantitative estimate of drug-likeness (QED) is 0.826. The Balaban J connectivity index is 1.51. The first-order valence-electron chi connectivity index (χ1n) is 6.30. The van der Waals surface area contributed by atoms with Gasteiger partial charge in [0.15, 0.2) is 5.82 Å². The topological polar surface area (TPSA) is 56.1 Å². The van der Waals surface area contributed by atoms with Gasteiger partial charge in [0.2, 0.25) is 5.13 Å². The van der Waals surface area contributed by atoms with Crippen molar-refractivity contribution < 1.29 is 4.74 Å². The van der Waals surface area contributed by atoms with E-state index in [1.165, 1.54) is 17.1 Å². The number of ether oxygens (including phenoxy) is 1. The molecule has 6 nitrogen and oxygen atoms in total. The van der Waals surface area contributed by atoms with Crippen LogP contribution in [0.1, 0.15) is 11.4 Å². The van der Waals surface area contributed by atoms with Crippen molar-refractivity contribution >= 4 is 16.7 Å². The molecule has 0 spiro atoms. The van der Waals surface area contributed by atoms with Crippen LogP contribution in [0.15, 0.2) is 12.4 Å². The maximum atomic E-state index is 5.03. The van der Waals surface area contributed by atoms with Crippen molar-refractivity contribution in [1.82, 2.24) is 19.1 Å². The van der Waals surface area contributed by atoms with Crippen LogP contribution < -0.4 is 4.90 Å². The maximum absolute atomic E-state index is 5.03. The minimum Gasteiger partial charge on any atom is -0.377 e. The number of nitrogens with zero attached hydrogens (tertiary/aromatic N) is 5. The molecule has 0 bridgehead atoms. The number of hydrogen-bond acceptors (Lipinski definition) is 6. The zero-order valence-corrected chi connectivity index (χ0v) is 11.9. The molecule has 3 heterocycles. The van der Waals surface area contributed by atoms with Gasteiger partial charge in [-0.3, -0.25) is 4.68 Å². The van der Waals surface area contributed by atoms with Gasteiger partial charge in [-0.2, -0.15) is 9.47 Å². The third-order valence-corrected chi connectivity index (χ3v) is 3.98. The van der Waals surface area contributed by atoms with Gasteiger partial charge >= 0.3 is 0 Å². The van der Waals surface area contributed by atoms with E-state index in [4.69, 9.17) is 4.74 Å². The van der Waals surface area contributed by atoms with E-state index in [-0.39, 0.29) is 0 Å². The standard InChI is InChI=1S/C12H17N5OS/c1-9-3-13-17(4-9)7-10-5-16(6-10)12-14-11(8-18-2)15-19-12/h3-4,10H,5-8H2,1-2H3. The number of aromatic nitrogens is 4. The summed E-state index contributed by atoms with van der Waals surface area (Å²) in [6.07, 6.45) is 3.99. The molecule has 0 aromatic carbocycles. The van der Waals surface area contributed by atoms with Crippen LogP contribution in [0.2, 0.25) is 0 Å². The summed E-state index contributed by atoms with van der Waals surface area (Å²) < 4.78 is 11.3. The zero-order chi connectivity index (χ0) is 13.2. The molecule has 1 saturated heterocycles. The van der Waals surface area contributed by atoms with Gasteiger partial charge in [0.1, 0.15) is 6.61 Å². The lowest BCUT2D eigenvalue weighted by atomic mass is 10.0. The largest absolute Gasteiger partial charge is 0.377 e. The van der Waals surface area contributed by atoms with Crippen molar-refractivity contribution in [2.75, 3.05) is 25.1 Å². The molecule has 0 amide bonds. The van der Waals surface area contributed by atoms with E-state index in [2.05, 4.69) is 32.5 Å². The number of anilines is 1. The average Bonchev–Trinajstić information content (AvgIpc) is 2.93. The Morgan fingerprint density at radius 2 is 2.32 bits per heavy atom. The molecule has 3 rings (SSSR count). The molecule has 0 unspecified atom stereocenters. The highest BCUT2D eigenvalue weighted by Gasteiger charge is 2.29. The fourth-order valence-corrected chi connectivity index (χ4v) is 2.93. The Hall–Kier alpha value is -1.47. The number of rotatable bonds is 5. The zero-order valence-electron chi connectivity index (χ0n) is 11.1. The lowest BCUT2D eigenvalue weighted by Crippen LogP contribution is -2.48. The molecule has 0 aliphatic carbocycles. The van der Waals surface area contributed by atoms with Crippen molar-refractivity contribution in [1.29, 1.82) is 0 Å². The van der Waals surface area contributed by atoms with Gasteiger partial charge in [0.05, 0.1) is 6.20 Å². The van der Waals surface area contributed by atoms with Gasteiger partial charge in [-0.05, 0) is 12.5 Å². The predicted molar refractivity (Wildman–Crippen MR) is 73.3 cm³/mol. The van der Waals surface area contributed by atoms with Crippen LogP contribution >= 0.6 is 11.5 Å². The summed E-state index contributed by atoms with van der Waals surface area (Å²) >= 11 is 1.45. The Morgan fingerprint density at radius 1 is 1.47 bits per heavy atom. The van der Waals surface area contributed by atoms with Crippen molar-refractivity contribution in [2.24, 2.45) is 5.92 Å². The van der Waals surface area contributed by atoms with Crippen molar-refractivity contribution in [3.05, 3.63) is 23.8 Å². The van der Waals surface area contributed by atoms with E-state index < -0.39 is 0 Å². The minimum atomic E-state index is 0.486. The van der Waals surface area contributed by atoms with Gasteiger partial charge < -0.3 is 9.64 Å². The van der Waals surface area contributed by atoms with E-state index in [9.17, 15) is 0 Å². The lowest BCUT2D eigenvalue weighted by molar-refractivity contribution is 0.179. The van der Waals surface area contributed by atoms with Gasteiger partial charge in [0, 0.05) is 50.4 Å². The first-order valence-corrected chi connectivity index (χ1v) is 7.07. The molecule has 1 fully saturated rings. The van der Waals surface area contributed by atoms with E-state index in [0.717, 1.165) is 30.6 Å². The van der Waals surface area contributed by atoms with Crippen LogP contribution in [0, 0.1) is 12.8 Å². The summed E-state index contributed by atoms with van der Waals surface area (Å²) in [6.45, 7) is 5.59. The second kappa shape index (κ2) is 5.26. The molecule has 0 atom stereocenters. The fraction of sp³-hybridized carbons (Fsp3) is 0.583. The summed E-state index contributed by atoms with van der Waals surface area (Å²) in [5.41, 5.74) is 1.21. The number of hydrogen-bond donors (Lipinski definition) is 0. The normalized spacial score (nSPS) is 15.8. The summed E-state index contributed by atoms with van der Waals surface area (Å²) in [7, 11) is 1.66. The first-order chi connectivity index (χ1) is 9.24. The Kier molecular flexibility index (Phi) is 3.48. The highest BCUT2D eigenvalue weighted by Crippen LogP contribution is 2.27. The van der Waals surface area contributed by atoms with Crippen molar-refractivity contribution in [3.63, 3.8) is 0 Å². The second-order valence-corrected chi connectivity index (χ2v) is 5.67.